The van der Waals surface area contributed by atoms with Crippen LogP contribution < -0.4 is 0 Å². The number of hydrogen-bond donors (Lipinski definition) is 1. The summed E-state index contributed by atoms with van der Waals surface area (Å²) in [5.41, 5.74) is 4.12. The van der Waals surface area contributed by atoms with Gasteiger partial charge in [-0.3, -0.25) is 0 Å². The molecular formula is C23H25N3O. The average Bonchev–Trinajstić information content (AvgIpc) is 2.65. The highest BCUT2D eigenvalue weighted by Crippen LogP contribution is 2.58. The second kappa shape index (κ2) is 5.92. The summed E-state index contributed by atoms with van der Waals surface area (Å²) in [6.07, 6.45) is 2.37. The molecule has 2 aliphatic carbocycles. The molecule has 0 unspecified atom stereocenters. The maximum absolute atomic E-state index is 10.7. The van der Waals surface area contributed by atoms with Gasteiger partial charge in [0, 0.05) is 22.0 Å². The number of aliphatic hydroxyl groups is 1. The Hall–Kier alpha value is -2.67. The van der Waals surface area contributed by atoms with Crippen molar-refractivity contribution in [3.05, 3.63) is 58.7 Å². The zero-order valence-corrected chi connectivity index (χ0v) is 16.4. The van der Waals surface area contributed by atoms with Crippen molar-refractivity contribution in [2.24, 2.45) is 11.3 Å². The molecule has 2 aliphatic rings. The van der Waals surface area contributed by atoms with Crippen molar-refractivity contribution in [2.75, 3.05) is 0 Å². The van der Waals surface area contributed by atoms with E-state index in [4.69, 9.17) is 9.97 Å². The number of rotatable bonds is 1. The molecule has 2 aromatic rings. The van der Waals surface area contributed by atoms with Crippen LogP contribution in [0.25, 0.3) is 11.3 Å². The quantitative estimate of drug-likeness (QED) is 0.774. The molecule has 1 heterocycles. The molecule has 4 nitrogen and oxygen atoms in total. The van der Waals surface area contributed by atoms with Gasteiger partial charge < -0.3 is 5.11 Å². The van der Waals surface area contributed by atoms with Gasteiger partial charge >= 0.3 is 0 Å². The van der Waals surface area contributed by atoms with Crippen molar-refractivity contribution in [3.8, 4) is 17.3 Å². The summed E-state index contributed by atoms with van der Waals surface area (Å²) in [5, 5.41) is 20.3. The van der Waals surface area contributed by atoms with Crippen molar-refractivity contribution in [1.29, 1.82) is 5.26 Å². The molecule has 1 N–H and O–H groups in total. The minimum Gasteiger partial charge on any atom is -0.511 e. The fourth-order valence-electron chi connectivity index (χ4n) is 5.37. The van der Waals surface area contributed by atoms with Crippen LogP contribution >= 0.6 is 0 Å². The van der Waals surface area contributed by atoms with Crippen molar-refractivity contribution >= 4 is 0 Å². The van der Waals surface area contributed by atoms with Gasteiger partial charge in [-0.2, -0.15) is 5.26 Å². The second-order valence-corrected chi connectivity index (χ2v) is 8.66. The van der Waals surface area contributed by atoms with Crippen LogP contribution in [0.15, 0.2) is 41.7 Å². The van der Waals surface area contributed by atoms with E-state index >= 15 is 0 Å². The summed E-state index contributed by atoms with van der Waals surface area (Å²) in [7, 11) is 0. The second-order valence-electron chi connectivity index (χ2n) is 8.66. The van der Waals surface area contributed by atoms with Crippen LogP contribution in [0.3, 0.4) is 0 Å². The third-order valence-electron chi connectivity index (χ3n) is 6.61. The molecule has 0 saturated heterocycles. The topological polar surface area (TPSA) is 69.8 Å². The summed E-state index contributed by atoms with van der Waals surface area (Å²) in [4.78, 5) is 9.67. The van der Waals surface area contributed by atoms with Crippen LogP contribution in [-0.2, 0) is 11.8 Å². The monoisotopic (exact) mass is 359 g/mol. The number of aryl methyl sites for hydroxylation is 1. The summed E-state index contributed by atoms with van der Waals surface area (Å²) >= 11 is 0. The lowest BCUT2D eigenvalue weighted by atomic mass is 9.51. The number of aromatic nitrogens is 2. The molecule has 138 valence electrons. The van der Waals surface area contributed by atoms with Crippen molar-refractivity contribution < 1.29 is 5.11 Å². The molecule has 0 saturated carbocycles. The maximum atomic E-state index is 10.7. The normalized spacial score (nSPS) is 26.1. The molecular weight excluding hydrogens is 334 g/mol. The number of nitrogens with zero attached hydrogens (tertiary/aromatic N) is 3. The molecule has 0 radical (unpaired) electrons. The van der Waals surface area contributed by atoms with Crippen LogP contribution in [0.2, 0.25) is 0 Å². The lowest BCUT2D eigenvalue weighted by Gasteiger charge is -2.52. The highest BCUT2D eigenvalue weighted by atomic mass is 16.3. The Bertz CT molecular complexity index is 985. The lowest BCUT2D eigenvalue weighted by Crippen LogP contribution is -2.49. The Morgan fingerprint density at radius 3 is 2.52 bits per heavy atom. The maximum Gasteiger partial charge on any atom is 0.126 e. The molecule has 1 aromatic heterocycles. The fraction of sp³-hybridized carbons (Fsp3) is 0.435. The van der Waals surface area contributed by atoms with Crippen LogP contribution in [0.1, 0.15) is 50.7 Å². The Morgan fingerprint density at radius 1 is 1.15 bits per heavy atom. The van der Waals surface area contributed by atoms with Gasteiger partial charge in [0.1, 0.15) is 11.6 Å². The first-order valence-corrected chi connectivity index (χ1v) is 9.55. The van der Waals surface area contributed by atoms with Crippen LogP contribution in [0, 0.1) is 29.6 Å². The van der Waals surface area contributed by atoms with E-state index in [0.717, 1.165) is 35.6 Å². The van der Waals surface area contributed by atoms with Gasteiger partial charge in [-0.15, -0.1) is 0 Å². The number of benzene rings is 1. The van der Waals surface area contributed by atoms with Crippen molar-refractivity contribution in [2.45, 2.75) is 52.4 Å². The molecule has 0 spiro atoms. The van der Waals surface area contributed by atoms with E-state index in [1.165, 1.54) is 5.56 Å². The third kappa shape index (κ3) is 2.49. The van der Waals surface area contributed by atoms with Gasteiger partial charge in [0.2, 0.25) is 0 Å². The number of allylic oxidation sites excluding steroid dienone is 2. The first kappa shape index (κ1) is 17.7. The third-order valence-corrected chi connectivity index (χ3v) is 6.61. The lowest BCUT2D eigenvalue weighted by molar-refractivity contribution is 0.0629. The highest BCUT2D eigenvalue weighted by Gasteiger charge is 2.54. The van der Waals surface area contributed by atoms with Crippen LogP contribution in [0.5, 0.6) is 0 Å². The minimum absolute atomic E-state index is 0.229. The molecule has 0 aliphatic heterocycles. The largest absolute Gasteiger partial charge is 0.511 e. The number of nitriles is 1. The van der Waals surface area contributed by atoms with Gasteiger partial charge in [0.05, 0.1) is 23.0 Å². The highest BCUT2D eigenvalue weighted by molar-refractivity contribution is 5.65. The van der Waals surface area contributed by atoms with Gasteiger partial charge in [-0.1, -0.05) is 51.1 Å². The zero-order valence-electron chi connectivity index (χ0n) is 16.4. The Labute approximate surface area is 160 Å². The summed E-state index contributed by atoms with van der Waals surface area (Å²) < 4.78 is 0. The fourth-order valence-corrected chi connectivity index (χ4v) is 5.37. The Kier molecular flexibility index (Phi) is 3.89. The van der Waals surface area contributed by atoms with Crippen LogP contribution in [-0.4, -0.2) is 15.1 Å². The predicted octanol–water partition coefficient (Wildman–Crippen LogP) is 5.04. The van der Waals surface area contributed by atoms with E-state index in [1.54, 1.807) is 0 Å². The molecule has 4 heteroatoms. The molecule has 0 fully saturated rings. The Balaban J connectivity index is 1.96. The van der Waals surface area contributed by atoms with E-state index in [1.807, 2.05) is 25.1 Å². The van der Waals surface area contributed by atoms with Gasteiger partial charge in [-0.25, -0.2) is 9.97 Å². The van der Waals surface area contributed by atoms with Crippen LogP contribution in [0.4, 0.5) is 0 Å². The SMILES string of the molecule is Cc1nc(-c2ccccc2)c2c(n1)[C@@]1(C)CC(C#N)=C(O)C(C)(C)[C@@H]1CC2. The van der Waals surface area contributed by atoms with Crippen molar-refractivity contribution in [3.63, 3.8) is 0 Å². The van der Waals surface area contributed by atoms with Gasteiger partial charge in [-0.05, 0) is 32.1 Å². The number of fused-ring (bicyclic) bond motifs is 3. The van der Waals surface area contributed by atoms with E-state index in [9.17, 15) is 10.4 Å². The molecule has 27 heavy (non-hydrogen) atoms. The Morgan fingerprint density at radius 2 is 1.85 bits per heavy atom. The molecule has 4 rings (SSSR count). The standard InChI is InChI=1S/C23H25N3O/c1-14-25-19(15-8-6-5-7-9-15)17-10-11-18-22(2,3)21(27)16(13-24)12-23(18,4)20(17)26-14/h5-9,18,27H,10-12H2,1-4H3/t18-,23-/m0/s1. The number of hydrogen-bond acceptors (Lipinski definition) is 4. The zero-order chi connectivity index (χ0) is 19.4. The van der Waals surface area contributed by atoms with Crippen molar-refractivity contribution in [1.82, 2.24) is 9.97 Å². The first-order valence-electron chi connectivity index (χ1n) is 9.55. The average molecular weight is 359 g/mol. The first-order chi connectivity index (χ1) is 12.8. The van der Waals surface area contributed by atoms with Gasteiger partial charge in [0.25, 0.3) is 0 Å². The molecule has 1 aromatic carbocycles. The minimum atomic E-state index is -0.443. The van der Waals surface area contributed by atoms with E-state index < -0.39 is 5.41 Å². The molecule has 2 atom stereocenters. The molecule has 0 amide bonds. The number of aliphatic hydroxyl groups excluding tert-OH is 1. The van der Waals surface area contributed by atoms with Gasteiger partial charge in [0.15, 0.2) is 0 Å². The summed E-state index contributed by atoms with van der Waals surface area (Å²) in [5.74, 6) is 1.24. The smallest absolute Gasteiger partial charge is 0.126 e. The predicted molar refractivity (Wildman–Crippen MR) is 105 cm³/mol. The van der Waals surface area contributed by atoms with E-state index in [2.05, 4.69) is 39.0 Å². The summed E-state index contributed by atoms with van der Waals surface area (Å²) in [6, 6.07) is 12.5. The van der Waals surface area contributed by atoms with E-state index in [-0.39, 0.29) is 17.1 Å². The summed E-state index contributed by atoms with van der Waals surface area (Å²) in [6.45, 7) is 8.26. The molecule has 0 bridgehead atoms. The van der Waals surface area contributed by atoms with E-state index in [0.29, 0.717) is 12.0 Å².